The van der Waals surface area contributed by atoms with Gasteiger partial charge in [0.05, 0.1) is 0 Å². The van der Waals surface area contributed by atoms with E-state index in [0.717, 1.165) is 70.6 Å². The summed E-state index contributed by atoms with van der Waals surface area (Å²) in [6.45, 7) is 13.8. The monoisotopic (exact) mass is 874 g/mol. The predicted octanol–water partition coefficient (Wildman–Crippen LogP) is 8.19. The van der Waals surface area contributed by atoms with E-state index in [4.69, 9.17) is 48.0 Å². The van der Waals surface area contributed by atoms with Crippen molar-refractivity contribution in [3.8, 4) is 11.5 Å². The standard InChI is InChI=1S/C49H66N2O12/c1-28-10-20-38-30(3)42(56-44-48(38)36(28)22-24-46(5,58-44)60-62-48)54-34-16-12-32(13-17-34)40(52)50-26-8-7-9-27-51-41(53)33-14-18-35(19-15-33)55-43-31(4)39-21-11-29(2)37-23-25-47(6)59-45(57-43)49(37,39)63-61-47/h12-19,28-31,36-39,42-45H,7-11,20-27H2,1-6H3,(H,50,52)(H,51,53)/t28-,29-,30-,31-,36?,37?,38?,39?,42+,43?,44?,45?,46+,47+,48-,49-/m1/s1. The van der Waals surface area contributed by atoms with Crippen LogP contribution in [0.5, 0.6) is 11.5 Å². The van der Waals surface area contributed by atoms with E-state index in [2.05, 4.69) is 38.3 Å². The van der Waals surface area contributed by atoms with Crippen molar-refractivity contribution in [3.05, 3.63) is 59.7 Å². The molecule has 4 bridgehead atoms. The molecule has 8 aliphatic heterocycles. The summed E-state index contributed by atoms with van der Waals surface area (Å²) in [7, 11) is 0. The Bertz CT molecular complexity index is 1850. The highest BCUT2D eigenvalue weighted by Gasteiger charge is 2.71. The van der Waals surface area contributed by atoms with Crippen molar-refractivity contribution in [2.45, 2.75) is 160 Å². The number of nitrogens with one attached hydrogen (secondary N) is 2. The molecule has 7 unspecified atom stereocenters. The largest absolute Gasteiger partial charge is 0.465 e. The highest BCUT2D eigenvalue weighted by Crippen LogP contribution is 2.62. The molecule has 63 heavy (non-hydrogen) atoms. The lowest BCUT2D eigenvalue weighted by molar-refractivity contribution is -0.575. The highest BCUT2D eigenvalue weighted by atomic mass is 17.3. The second-order valence-electron chi connectivity index (χ2n) is 20.4. The van der Waals surface area contributed by atoms with Gasteiger partial charge in [-0.1, -0.05) is 27.7 Å². The normalized spacial score (nSPS) is 43.4. The van der Waals surface area contributed by atoms with Crippen LogP contribution in [0, 0.1) is 47.3 Å². The molecule has 2 aliphatic carbocycles. The van der Waals surface area contributed by atoms with Gasteiger partial charge in [0.25, 0.3) is 11.8 Å². The van der Waals surface area contributed by atoms with Crippen LogP contribution in [0.4, 0.5) is 0 Å². The summed E-state index contributed by atoms with van der Waals surface area (Å²) in [5, 5.41) is 6.03. The number of fused-ring (bicyclic) bond motifs is 4. The molecule has 14 nitrogen and oxygen atoms in total. The Labute approximate surface area is 370 Å². The van der Waals surface area contributed by atoms with Gasteiger partial charge in [0.2, 0.25) is 24.2 Å². The zero-order chi connectivity index (χ0) is 43.7. The number of ether oxygens (including phenoxy) is 6. The fourth-order valence-electron chi connectivity index (χ4n) is 12.7. The molecule has 8 saturated heterocycles. The summed E-state index contributed by atoms with van der Waals surface area (Å²) in [6, 6.07) is 14.4. The highest BCUT2D eigenvalue weighted by molar-refractivity contribution is 5.94. The summed E-state index contributed by atoms with van der Waals surface area (Å²) >= 11 is 0. The van der Waals surface area contributed by atoms with Gasteiger partial charge < -0.3 is 39.1 Å². The van der Waals surface area contributed by atoms with Crippen molar-refractivity contribution in [1.29, 1.82) is 0 Å². The third kappa shape index (κ3) is 7.67. The molecule has 2 spiro atoms. The van der Waals surface area contributed by atoms with Crippen molar-refractivity contribution < 1.29 is 57.6 Å². The Hall–Kier alpha value is -3.34. The molecule has 2 amide bonds. The average molecular weight is 875 g/mol. The van der Waals surface area contributed by atoms with E-state index in [9.17, 15) is 9.59 Å². The van der Waals surface area contributed by atoms with Crippen LogP contribution < -0.4 is 20.1 Å². The van der Waals surface area contributed by atoms with Gasteiger partial charge in [-0.05, 0) is 144 Å². The Morgan fingerprint density at radius 2 is 0.968 bits per heavy atom. The van der Waals surface area contributed by atoms with Crippen LogP contribution in [-0.4, -0.2) is 72.8 Å². The first-order valence-corrected chi connectivity index (χ1v) is 23.8. The third-order valence-electron chi connectivity index (χ3n) is 16.4. The number of carbonyl (C=O) groups excluding carboxylic acids is 2. The van der Waals surface area contributed by atoms with Crippen molar-refractivity contribution in [3.63, 3.8) is 0 Å². The Kier molecular flexibility index (Phi) is 11.6. The van der Waals surface area contributed by atoms with E-state index in [0.29, 0.717) is 59.4 Å². The van der Waals surface area contributed by atoms with Crippen molar-refractivity contribution in [1.82, 2.24) is 10.6 Å². The van der Waals surface area contributed by atoms with E-state index in [1.54, 1.807) is 24.3 Å². The molecule has 0 radical (unpaired) electrons. The topological polar surface area (TPSA) is 150 Å². The van der Waals surface area contributed by atoms with Gasteiger partial charge in [0.1, 0.15) is 11.5 Å². The van der Waals surface area contributed by atoms with E-state index < -0.39 is 47.9 Å². The minimum Gasteiger partial charge on any atom is -0.465 e. The zero-order valence-electron chi connectivity index (χ0n) is 37.6. The molecule has 2 aromatic carbocycles. The molecule has 2 aromatic rings. The third-order valence-corrected chi connectivity index (χ3v) is 16.4. The van der Waals surface area contributed by atoms with Gasteiger partial charge in [-0.15, -0.1) is 0 Å². The van der Waals surface area contributed by atoms with Crippen LogP contribution in [0.15, 0.2) is 48.5 Å². The van der Waals surface area contributed by atoms with Crippen molar-refractivity contribution in [2.24, 2.45) is 47.3 Å². The Morgan fingerprint density at radius 3 is 1.38 bits per heavy atom. The lowest BCUT2D eigenvalue weighted by Crippen LogP contribution is -2.70. The second kappa shape index (κ2) is 16.8. The molecule has 10 fully saturated rings. The Morgan fingerprint density at radius 1 is 0.556 bits per heavy atom. The first-order valence-electron chi connectivity index (χ1n) is 23.8. The number of hydrogen-bond donors (Lipinski definition) is 2. The van der Waals surface area contributed by atoms with E-state index in [-0.39, 0.29) is 35.5 Å². The molecule has 2 saturated carbocycles. The van der Waals surface area contributed by atoms with Crippen molar-refractivity contribution >= 4 is 11.8 Å². The van der Waals surface area contributed by atoms with Crippen LogP contribution >= 0.6 is 0 Å². The second-order valence-corrected chi connectivity index (χ2v) is 20.4. The van der Waals surface area contributed by atoms with E-state index >= 15 is 0 Å². The summed E-state index contributed by atoms with van der Waals surface area (Å²) in [4.78, 5) is 50.3. The summed E-state index contributed by atoms with van der Waals surface area (Å²) in [6.07, 6.45) is 7.92. The fourth-order valence-corrected chi connectivity index (χ4v) is 12.7. The maximum Gasteiger partial charge on any atom is 0.251 e. The van der Waals surface area contributed by atoms with Crippen LogP contribution in [-0.2, 0) is 38.5 Å². The first-order chi connectivity index (χ1) is 30.3. The number of rotatable bonds is 12. The maximum atomic E-state index is 13.0. The minimum atomic E-state index is -0.843. The van der Waals surface area contributed by atoms with Gasteiger partial charge in [0.15, 0.2) is 23.8 Å². The van der Waals surface area contributed by atoms with Crippen LogP contribution in [0.3, 0.4) is 0 Å². The summed E-state index contributed by atoms with van der Waals surface area (Å²) < 4.78 is 38.9. The zero-order valence-corrected chi connectivity index (χ0v) is 37.6. The lowest BCUT2D eigenvalue weighted by atomic mass is 9.58. The van der Waals surface area contributed by atoms with E-state index in [1.165, 1.54) is 0 Å². The molecule has 14 heteroatoms. The number of hydrogen-bond acceptors (Lipinski definition) is 12. The SMILES string of the molecule is C[C@H]1C(Oc2ccc(C(=O)NCCCCCNC(=O)c3ccc(O[C@H]4OC5O[C@]6(C)CCC7[C@H](C)CCC([C@H]4C)[C@@]57OO6)cc3)cc2)OC2O[C@]3(C)CCC4[C@H](C)CCC1[C@@]24OO3. The Balaban J connectivity index is 0.644. The van der Waals surface area contributed by atoms with Gasteiger partial charge >= 0.3 is 0 Å². The van der Waals surface area contributed by atoms with Crippen LogP contribution in [0.2, 0.25) is 0 Å². The predicted molar refractivity (Wildman–Crippen MR) is 226 cm³/mol. The lowest BCUT2D eigenvalue weighted by Gasteiger charge is -2.60. The molecule has 8 heterocycles. The minimum absolute atomic E-state index is 0.0439. The van der Waals surface area contributed by atoms with Crippen molar-refractivity contribution in [2.75, 3.05) is 13.1 Å². The number of unbranched alkanes of at least 4 members (excludes halogenated alkanes) is 2. The molecular formula is C49H66N2O12. The smallest absolute Gasteiger partial charge is 0.251 e. The summed E-state index contributed by atoms with van der Waals surface area (Å²) in [5.74, 6) is 1.27. The van der Waals surface area contributed by atoms with Crippen LogP contribution in [0.1, 0.15) is 133 Å². The average Bonchev–Trinajstić information content (AvgIpc) is 3.65. The molecule has 10 aliphatic rings. The van der Waals surface area contributed by atoms with Gasteiger partial charge in [-0.3, -0.25) is 9.59 Å². The molecule has 2 N–H and O–H groups in total. The van der Waals surface area contributed by atoms with Gasteiger partial charge in [-0.25, -0.2) is 19.6 Å². The van der Waals surface area contributed by atoms with Gasteiger partial charge in [0, 0.05) is 60.7 Å². The first kappa shape index (κ1) is 43.5. The van der Waals surface area contributed by atoms with Gasteiger partial charge in [-0.2, -0.15) is 0 Å². The number of carbonyl (C=O) groups is 2. The van der Waals surface area contributed by atoms with E-state index in [1.807, 2.05) is 38.1 Å². The fraction of sp³-hybridized carbons (Fsp3) is 0.714. The molecule has 344 valence electrons. The molecule has 12 rings (SSSR count). The summed E-state index contributed by atoms with van der Waals surface area (Å²) in [5.41, 5.74) is -0.170. The number of amides is 2. The molecule has 16 atom stereocenters. The number of benzene rings is 2. The van der Waals surface area contributed by atoms with Crippen LogP contribution in [0.25, 0.3) is 0 Å². The molecule has 0 aromatic heterocycles. The quantitative estimate of drug-likeness (QED) is 0.156. The maximum absolute atomic E-state index is 13.0. The molecular weight excluding hydrogens is 809 g/mol.